The zero-order valence-electron chi connectivity index (χ0n) is 14.7. The van der Waals surface area contributed by atoms with Crippen LogP contribution in [0.5, 0.6) is 0 Å². The minimum atomic E-state index is -0.112. The second-order valence-electron chi connectivity index (χ2n) is 7.01. The third-order valence-corrected chi connectivity index (χ3v) is 5.35. The second kappa shape index (κ2) is 7.68. The molecule has 2 aromatic carbocycles. The summed E-state index contributed by atoms with van der Waals surface area (Å²) in [4.78, 5) is 15.3. The van der Waals surface area contributed by atoms with E-state index >= 15 is 0 Å². The van der Waals surface area contributed by atoms with Crippen LogP contribution in [0, 0.1) is 5.92 Å². The monoisotopic (exact) mass is 370 g/mol. The maximum atomic E-state index is 13.0. The summed E-state index contributed by atoms with van der Waals surface area (Å²) >= 11 is 6.00. The maximum absolute atomic E-state index is 13.0. The van der Waals surface area contributed by atoms with Gasteiger partial charge in [0, 0.05) is 29.5 Å². The van der Waals surface area contributed by atoms with Gasteiger partial charge in [0.15, 0.2) is 0 Å². The highest BCUT2D eigenvalue weighted by Gasteiger charge is 2.37. The van der Waals surface area contributed by atoms with Crippen LogP contribution in [0.1, 0.15) is 24.3 Å². The third kappa shape index (κ3) is 4.02. The second-order valence-corrected chi connectivity index (χ2v) is 7.44. The average molecular weight is 371 g/mol. The molecule has 1 unspecified atom stereocenters. The van der Waals surface area contributed by atoms with E-state index in [0.717, 1.165) is 56.1 Å². The molecule has 0 bridgehead atoms. The molecule has 1 amide bonds. The molecule has 1 aliphatic carbocycles. The number of ether oxygens (including phenoxy) is 1. The summed E-state index contributed by atoms with van der Waals surface area (Å²) in [5.74, 6) is 0.381. The molecule has 0 aromatic heterocycles. The van der Waals surface area contributed by atoms with Gasteiger partial charge in [-0.3, -0.25) is 4.79 Å². The van der Waals surface area contributed by atoms with Gasteiger partial charge in [0.1, 0.15) is 0 Å². The third-order valence-electron chi connectivity index (χ3n) is 5.09. The van der Waals surface area contributed by atoms with E-state index in [0.29, 0.717) is 10.9 Å². The fourth-order valence-corrected chi connectivity index (χ4v) is 3.69. The van der Waals surface area contributed by atoms with Gasteiger partial charge in [-0.2, -0.15) is 0 Å². The molecule has 1 N–H and O–H groups in total. The molecular weight excluding hydrogens is 348 g/mol. The van der Waals surface area contributed by atoms with E-state index in [1.54, 1.807) is 0 Å². The number of benzene rings is 2. The predicted molar refractivity (Wildman–Crippen MR) is 105 cm³/mol. The number of amides is 1. The van der Waals surface area contributed by atoms with E-state index in [1.165, 1.54) is 0 Å². The zero-order chi connectivity index (χ0) is 17.9. The summed E-state index contributed by atoms with van der Waals surface area (Å²) in [5, 5.41) is 3.82. The summed E-state index contributed by atoms with van der Waals surface area (Å²) in [5.41, 5.74) is 3.01. The van der Waals surface area contributed by atoms with E-state index in [9.17, 15) is 4.79 Å². The fourth-order valence-electron chi connectivity index (χ4n) is 3.56. The van der Waals surface area contributed by atoms with Gasteiger partial charge >= 0.3 is 0 Å². The molecule has 4 nitrogen and oxygen atoms in total. The lowest BCUT2D eigenvalue weighted by Crippen LogP contribution is -2.36. The number of hydrogen-bond acceptors (Lipinski definition) is 3. The molecule has 1 saturated carbocycles. The van der Waals surface area contributed by atoms with E-state index in [-0.39, 0.29) is 11.8 Å². The van der Waals surface area contributed by atoms with Crippen molar-refractivity contribution < 1.29 is 9.53 Å². The molecule has 26 heavy (non-hydrogen) atoms. The summed E-state index contributed by atoms with van der Waals surface area (Å²) in [6, 6.07) is 15.7. The van der Waals surface area contributed by atoms with Crippen LogP contribution in [-0.2, 0) is 9.53 Å². The standard InChI is InChI=1S/C21H23ClN2O2/c22-17-8-6-16(7-9-17)20(15-4-5-15)21(25)23-18-2-1-3-19(14-18)24-10-12-26-13-11-24/h1-3,6-9,14-15,20H,4-5,10-13H2,(H,23,25). The topological polar surface area (TPSA) is 41.6 Å². The molecule has 2 aromatic rings. The fraction of sp³-hybridized carbons (Fsp3) is 0.381. The van der Waals surface area contributed by atoms with E-state index in [2.05, 4.69) is 22.3 Å². The van der Waals surface area contributed by atoms with Crippen molar-refractivity contribution in [2.24, 2.45) is 5.92 Å². The number of nitrogens with zero attached hydrogens (tertiary/aromatic N) is 1. The smallest absolute Gasteiger partial charge is 0.232 e. The molecular formula is C21H23ClN2O2. The van der Waals surface area contributed by atoms with Crippen LogP contribution in [0.2, 0.25) is 5.02 Å². The van der Waals surface area contributed by atoms with Gasteiger partial charge in [-0.15, -0.1) is 0 Å². The first-order valence-corrected chi connectivity index (χ1v) is 9.57. The average Bonchev–Trinajstić information content (AvgIpc) is 3.49. The lowest BCUT2D eigenvalue weighted by Gasteiger charge is -2.29. The molecule has 2 aliphatic rings. The van der Waals surface area contributed by atoms with Gasteiger partial charge < -0.3 is 15.0 Å². The number of hydrogen-bond donors (Lipinski definition) is 1. The first kappa shape index (κ1) is 17.4. The van der Waals surface area contributed by atoms with Crippen molar-refractivity contribution in [1.29, 1.82) is 0 Å². The Labute approximate surface area is 159 Å². The summed E-state index contributed by atoms with van der Waals surface area (Å²) in [6.07, 6.45) is 2.21. The normalized spacial score (nSPS) is 18.4. The number of halogens is 1. The van der Waals surface area contributed by atoms with Gasteiger partial charge in [-0.25, -0.2) is 0 Å². The Morgan fingerprint density at radius 3 is 2.54 bits per heavy atom. The Bertz CT molecular complexity index is 768. The van der Waals surface area contributed by atoms with Crippen LogP contribution in [0.4, 0.5) is 11.4 Å². The molecule has 136 valence electrons. The first-order chi connectivity index (χ1) is 12.7. The van der Waals surface area contributed by atoms with Gasteiger partial charge in [-0.05, 0) is 54.7 Å². The Balaban J connectivity index is 1.50. The van der Waals surface area contributed by atoms with Crippen molar-refractivity contribution in [2.45, 2.75) is 18.8 Å². The summed E-state index contributed by atoms with van der Waals surface area (Å²) in [7, 11) is 0. The number of carbonyl (C=O) groups excluding carboxylic acids is 1. The highest BCUT2D eigenvalue weighted by molar-refractivity contribution is 6.30. The van der Waals surface area contributed by atoms with Crippen molar-refractivity contribution in [3.05, 3.63) is 59.1 Å². The van der Waals surface area contributed by atoms with E-state index in [4.69, 9.17) is 16.3 Å². The van der Waals surface area contributed by atoms with Gasteiger partial charge in [-0.1, -0.05) is 29.8 Å². The van der Waals surface area contributed by atoms with Crippen molar-refractivity contribution in [3.63, 3.8) is 0 Å². The largest absolute Gasteiger partial charge is 0.378 e. The Kier molecular flexibility index (Phi) is 5.14. The number of carbonyl (C=O) groups is 1. The number of nitrogens with one attached hydrogen (secondary N) is 1. The number of anilines is 2. The maximum Gasteiger partial charge on any atom is 0.232 e. The highest BCUT2D eigenvalue weighted by Crippen LogP contribution is 2.43. The van der Waals surface area contributed by atoms with Gasteiger partial charge in [0.2, 0.25) is 5.91 Å². The van der Waals surface area contributed by atoms with Crippen LogP contribution < -0.4 is 10.2 Å². The van der Waals surface area contributed by atoms with Crippen LogP contribution >= 0.6 is 11.6 Å². The summed E-state index contributed by atoms with van der Waals surface area (Å²) < 4.78 is 5.42. The van der Waals surface area contributed by atoms with Gasteiger partial charge in [0.05, 0.1) is 19.1 Å². The highest BCUT2D eigenvalue weighted by atomic mass is 35.5. The molecule has 1 aliphatic heterocycles. The zero-order valence-corrected chi connectivity index (χ0v) is 15.4. The van der Waals surface area contributed by atoms with Crippen molar-refractivity contribution in [2.75, 3.05) is 36.5 Å². The van der Waals surface area contributed by atoms with Crippen molar-refractivity contribution in [3.8, 4) is 0 Å². The molecule has 4 rings (SSSR count). The quantitative estimate of drug-likeness (QED) is 0.852. The molecule has 0 spiro atoms. The summed E-state index contributed by atoms with van der Waals surface area (Å²) in [6.45, 7) is 3.26. The molecule has 1 heterocycles. The molecule has 1 saturated heterocycles. The lowest BCUT2D eigenvalue weighted by atomic mass is 9.93. The molecule has 1 atom stereocenters. The van der Waals surface area contributed by atoms with Crippen molar-refractivity contribution in [1.82, 2.24) is 0 Å². The Hall–Kier alpha value is -2.04. The molecule has 2 fully saturated rings. The van der Waals surface area contributed by atoms with Crippen LogP contribution in [0.15, 0.2) is 48.5 Å². The molecule has 5 heteroatoms. The van der Waals surface area contributed by atoms with Crippen LogP contribution in [-0.4, -0.2) is 32.2 Å². The minimum absolute atomic E-state index is 0.0638. The van der Waals surface area contributed by atoms with Crippen molar-refractivity contribution >= 4 is 28.9 Å². The number of morpholine rings is 1. The predicted octanol–water partition coefficient (Wildman–Crippen LogP) is 4.31. The molecule has 0 radical (unpaired) electrons. The lowest BCUT2D eigenvalue weighted by molar-refractivity contribution is -0.118. The van der Waals surface area contributed by atoms with E-state index < -0.39 is 0 Å². The van der Waals surface area contributed by atoms with Crippen LogP contribution in [0.3, 0.4) is 0 Å². The first-order valence-electron chi connectivity index (χ1n) is 9.20. The van der Waals surface area contributed by atoms with Crippen LogP contribution in [0.25, 0.3) is 0 Å². The van der Waals surface area contributed by atoms with Gasteiger partial charge in [0.25, 0.3) is 0 Å². The minimum Gasteiger partial charge on any atom is -0.378 e. The Morgan fingerprint density at radius 1 is 1.12 bits per heavy atom. The Morgan fingerprint density at radius 2 is 1.85 bits per heavy atom. The SMILES string of the molecule is O=C(Nc1cccc(N2CCOCC2)c1)C(c1ccc(Cl)cc1)C1CC1. The number of rotatable bonds is 5. The van der Waals surface area contributed by atoms with E-state index in [1.807, 2.05) is 36.4 Å².